The molecule has 0 unspecified atom stereocenters. The van der Waals surface area contributed by atoms with Crippen molar-refractivity contribution in [3.05, 3.63) is 65.0 Å². The molecule has 4 nitrogen and oxygen atoms in total. The molecule has 122 valence electrons. The molecule has 0 bridgehead atoms. The van der Waals surface area contributed by atoms with Crippen molar-refractivity contribution in [2.75, 3.05) is 5.32 Å². The van der Waals surface area contributed by atoms with Gasteiger partial charge < -0.3 is 4.74 Å². The normalized spacial score (nSPS) is 11.8. The highest BCUT2D eigenvalue weighted by Gasteiger charge is 2.16. The van der Waals surface area contributed by atoms with Gasteiger partial charge in [-0.05, 0) is 31.2 Å². The first kappa shape index (κ1) is 16.5. The van der Waals surface area contributed by atoms with Gasteiger partial charge in [0.25, 0.3) is 5.91 Å². The summed E-state index contributed by atoms with van der Waals surface area (Å²) in [5.41, 5.74) is 1.85. The Morgan fingerprint density at radius 3 is 2.58 bits per heavy atom. The summed E-state index contributed by atoms with van der Waals surface area (Å²) in [5, 5.41) is 5.86. The molecule has 1 atom stereocenters. The van der Waals surface area contributed by atoms with Gasteiger partial charge in [-0.25, -0.2) is 4.98 Å². The van der Waals surface area contributed by atoms with E-state index in [1.807, 2.05) is 35.7 Å². The second-order valence-corrected chi connectivity index (χ2v) is 6.40. The van der Waals surface area contributed by atoms with Crippen LogP contribution in [0.2, 0.25) is 5.02 Å². The number of nitrogens with zero attached hydrogens (tertiary/aromatic N) is 1. The minimum atomic E-state index is -0.643. The van der Waals surface area contributed by atoms with Gasteiger partial charge in [-0.2, -0.15) is 0 Å². The largest absolute Gasteiger partial charge is 0.481 e. The minimum Gasteiger partial charge on any atom is -0.481 e. The summed E-state index contributed by atoms with van der Waals surface area (Å²) in [5.74, 6) is 0.338. The van der Waals surface area contributed by atoms with E-state index >= 15 is 0 Å². The van der Waals surface area contributed by atoms with E-state index in [0.29, 0.717) is 15.9 Å². The van der Waals surface area contributed by atoms with Crippen molar-refractivity contribution in [2.24, 2.45) is 0 Å². The quantitative estimate of drug-likeness (QED) is 0.707. The van der Waals surface area contributed by atoms with Crippen LogP contribution in [0.15, 0.2) is 60.0 Å². The van der Waals surface area contributed by atoms with Crippen molar-refractivity contribution < 1.29 is 9.53 Å². The Morgan fingerprint density at radius 1 is 1.17 bits per heavy atom. The lowest BCUT2D eigenvalue weighted by Crippen LogP contribution is -2.30. The number of thiazole rings is 1. The number of carbonyl (C=O) groups excluding carboxylic acids is 1. The molecule has 1 aromatic heterocycles. The maximum atomic E-state index is 12.2. The fraction of sp³-hybridized carbons (Fsp3) is 0.111. The van der Waals surface area contributed by atoms with Crippen molar-refractivity contribution in [3.63, 3.8) is 0 Å². The van der Waals surface area contributed by atoms with Crippen molar-refractivity contribution >= 4 is 34.0 Å². The predicted octanol–water partition coefficient (Wildman–Crippen LogP) is 4.87. The third-order valence-corrected chi connectivity index (χ3v) is 4.31. The summed E-state index contributed by atoms with van der Waals surface area (Å²) in [6.07, 6.45) is -0.643. The maximum absolute atomic E-state index is 12.2. The van der Waals surface area contributed by atoms with Gasteiger partial charge in [-0.1, -0.05) is 41.9 Å². The Kier molecular flexibility index (Phi) is 5.13. The number of halogens is 1. The summed E-state index contributed by atoms with van der Waals surface area (Å²) in [6, 6.07) is 16.7. The van der Waals surface area contributed by atoms with Gasteiger partial charge in [0, 0.05) is 16.0 Å². The average Bonchev–Trinajstić information content (AvgIpc) is 3.06. The summed E-state index contributed by atoms with van der Waals surface area (Å²) in [6.45, 7) is 1.69. The maximum Gasteiger partial charge on any atom is 0.266 e. The van der Waals surface area contributed by atoms with Gasteiger partial charge in [0.15, 0.2) is 11.2 Å². The molecule has 2 aromatic carbocycles. The molecule has 0 radical (unpaired) electrons. The fourth-order valence-corrected chi connectivity index (χ4v) is 2.90. The van der Waals surface area contributed by atoms with Crippen LogP contribution in [0.4, 0.5) is 5.13 Å². The van der Waals surface area contributed by atoms with E-state index < -0.39 is 6.10 Å². The third kappa shape index (κ3) is 4.13. The van der Waals surface area contributed by atoms with Crippen LogP contribution in [0.25, 0.3) is 11.3 Å². The third-order valence-electron chi connectivity index (χ3n) is 3.30. The molecule has 0 fully saturated rings. The van der Waals surface area contributed by atoms with Crippen molar-refractivity contribution in [3.8, 4) is 17.0 Å². The predicted molar refractivity (Wildman–Crippen MR) is 97.7 cm³/mol. The monoisotopic (exact) mass is 358 g/mol. The minimum absolute atomic E-state index is 0.251. The Balaban J connectivity index is 1.62. The highest BCUT2D eigenvalue weighted by Crippen LogP contribution is 2.25. The van der Waals surface area contributed by atoms with E-state index in [4.69, 9.17) is 16.3 Å². The van der Waals surface area contributed by atoms with Crippen LogP contribution in [0, 0.1) is 0 Å². The van der Waals surface area contributed by atoms with Crippen molar-refractivity contribution in [2.45, 2.75) is 13.0 Å². The first-order valence-electron chi connectivity index (χ1n) is 7.36. The molecular weight excluding hydrogens is 344 g/mol. The molecule has 24 heavy (non-hydrogen) atoms. The summed E-state index contributed by atoms with van der Waals surface area (Å²) >= 11 is 7.21. The zero-order valence-corrected chi connectivity index (χ0v) is 14.5. The Hall–Kier alpha value is -2.37. The molecule has 0 aliphatic rings. The lowest BCUT2D eigenvalue weighted by molar-refractivity contribution is -0.122. The first-order chi connectivity index (χ1) is 11.6. The standard InChI is InChI=1S/C18H15ClN2O2S/c1-12(23-15-9-7-14(19)8-10-15)17(22)21-18-20-16(11-24-18)13-5-3-2-4-6-13/h2-12H,1H3,(H,20,21,22)/t12-/m1/s1. The molecule has 0 saturated carbocycles. The summed E-state index contributed by atoms with van der Waals surface area (Å²) in [7, 11) is 0. The number of hydrogen-bond donors (Lipinski definition) is 1. The van der Waals surface area contributed by atoms with E-state index in [9.17, 15) is 4.79 Å². The van der Waals surface area contributed by atoms with E-state index in [1.165, 1.54) is 11.3 Å². The van der Waals surface area contributed by atoms with Crippen LogP contribution in [0.1, 0.15) is 6.92 Å². The molecule has 0 saturated heterocycles. The second kappa shape index (κ2) is 7.47. The van der Waals surface area contributed by atoms with Crippen LogP contribution in [0.3, 0.4) is 0 Å². The van der Waals surface area contributed by atoms with Crippen LogP contribution in [-0.4, -0.2) is 17.0 Å². The van der Waals surface area contributed by atoms with Crippen LogP contribution >= 0.6 is 22.9 Å². The van der Waals surface area contributed by atoms with Gasteiger partial charge in [-0.3, -0.25) is 10.1 Å². The van der Waals surface area contributed by atoms with E-state index in [1.54, 1.807) is 31.2 Å². The second-order valence-electron chi connectivity index (χ2n) is 5.11. The molecular formula is C18H15ClN2O2S. The summed E-state index contributed by atoms with van der Waals surface area (Å²) < 4.78 is 5.60. The number of ether oxygens (including phenoxy) is 1. The van der Waals surface area contributed by atoms with Gasteiger partial charge in [-0.15, -0.1) is 11.3 Å². The van der Waals surface area contributed by atoms with E-state index in [0.717, 1.165) is 11.3 Å². The lowest BCUT2D eigenvalue weighted by atomic mass is 10.2. The first-order valence-corrected chi connectivity index (χ1v) is 8.61. The summed E-state index contributed by atoms with van der Waals surface area (Å²) in [4.78, 5) is 16.7. The molecule has 1 N–H and O–H groups in total. The van der Waals surface area contributed by atoms with Crippen LogP contribution in [0.5, 0.6) is 5.75 Å². The number of nitrogens with one attached hydrogen (secondary N) is 1. The molecule has 0 aliphatic heterocycles. The Labute approximate surface area is 149 Å². The number of carbonyl (C=O) groups is 1. The topological polar surface area (TPSA) is 51.2 Å². The zero-order chi connectivity index (χ0) is 16.9. The average molecular weight is 359 g/mol. The smallest absolute Gasteiger partial charge is 0.266 e. The van der Waals surface area contributed by atoms with Crippen LogP contribution < -0.4 is 10.1 Å². The molecule has 1 amide bonds. The Bertz CT molecular complexity index is 819. The van der Waals surface area contributed by atoms with E-state index in [2.05, 4.69) is 10.3 Å². The van der Waals surface area contributed by atoms with Gasteiger partial charge in [0.2, 0.25) is 0 Å². The van der Waals surface area contributed by atoms with E-state index in [-0.39, 0.29) is 5.91 Å². The van der Waals surface area contributed by atoms with Gasteiger partial charge >= 0.3 is 0 Å². The number of rotatable bonds is 5. The zero-order valence-electron chi connectivity index (χ0n) is 12.9. The van der Waals surface area contributed by atoms with Crippen molar-refractivity contribution in [1.82, 2.24) is 4.98 Å². The molecule has 6 heteroatoms. The van der Waals surface area contributed by atoms with Crippen LogP contribution in [-0.2, 0) is 4.79 Å². The number of aromatic nitrogens is 1. The molecule has 3 aromatic rings. The fourth-order valence-electron chi connectivity index (χ4n) is 2.05. The van der Waals surface area contributed by atoms with Gasteiger partial charge in [0.05, 0.1) is 5.69 Å². The number of benzene rings is 2. The van der Waals surface area contributed by atoms with Gasteiger partial charge in [0.1, 0.15) is 5.75 Å². The molecule has 0 spiro atoms. The molecule has 1 heterocycles. The number of amides is 1. The highest BCUT2D eigenvalue weighted by molar-refractivity contribution is 7.14. The Morgan fingerprint density at radius 2 is 1.88 bits per heavy atom. The number of anilines is 1. The van der Waals surface area contributed by atoms with Crippen molar-refractivity contribution in [1.29, 1.82) is 0 Å². The molecule has 0 aliphatic carbocycles. The molecule has 3 rings (SSSR count). The lowest BCUT2D eigenvalue weighted by Gasteiger charge is -2.13. The SMILES string of the molecule is C[C@@H](Oc1ccc(Cl)cc1)C(=O)Nc1nc(-c2ccccc2)cs1. The highest BCUT2D eigenvalue weighted by atomic mass is 35.5. The number of hydrogen-bond acceptors (Lipinski definition) is 4.